The Kier molecular flexibility index (Phi) is 1.03. The Labute approximate surface area is 67.5 Å². The lowest BCUT2D eigenvalue weighted by Gasteiger charge is -2.60. The first-order valence-electron chi connectivity index (χ1n) is 4.21. The van der Waals surface area contributed by atoms with E-state index in [-0.39, 0.29) is 10.8 Å². The van der Waals surface area contributed by atoms with Crippen LogP contribution in [0.25, 0.3) is 0 Å². The van der Waals surface area contributed by atoms with Gasteiger partial charge in [-0.05, 0) is 23.8 Å². The van der Waals surface area contributed by atoms with Gasteiger partial charge >= 0.3 is 0 Å². The summed E-state index contributed by atoms with van der Waals surface area (Å²) in [6, 6.07) is 0. The second-order valence-corrected chi connectivity index (χ2v) is 4.59. The summed E-state index contributed by atoms with van der Waals surface area (Å²) < 4.78 is 0. The number of ketones is 1. The summed E-state index contributed by atoms with van der Waals surface area (Å²) in [5.74, 6) is 0.968. The molecule has 0 aromatic heterocycles. The molecule has 3 rings (SSSR count). The van der Waals surface area contributed by atoms with Crippen LogP contribution in [0.5, 0.6) is 0 Å². The third-order valence-electron chi connectivity index (χ3n) is 4.00. The molecule has 0 amide bonds. The minimum absolute atomic E-state index is 0.0492. The Morgan fingerprint density at radius 2 is 2.09 bits per heavy atom. The maximum Gasteiger partial charge on any atom is 0.161 e. The maximum atomic E-state index is 11.5. The Morgan fingerprint density at radius 3 is 2.45 bits per heavy atom. The van der Waals surface area contributed by atoms with Crippen molar-refractivity contribution in [2.75, 3.05) is 0 Å². The van der Waals surface area contributed by atoms with Crippen LogP contribution in [0, 0.1) is 16.7 Å². The Hall–Kier alpha value is -0.590. The van der Waals surface area contributed by atoms with Gasteiger partial charge in [0.2, 0.25) is 0 Å². The highest BCUT2D eigenvalue weighted by Gasteiger charge is 2.61. The van der Waals surface area contributed by atoms with Gasteiger partial charge in [0, 0.05) is 5.41 Å². The summed E-state index contributed by atoms with van der Waals surface area (Å²) in [4.78, 5) is 11.5. The molecule has 0 saturated heterocycles. The second-order valence-electron chi connectivity index (χ2n) is 4.59. The first kappa shape index (κ1) is 7.08. The van der Waals surface area contributed by atoms with Crippen molar-refractivity contribution in [3.63, 3.8) is 0 Å². The zero-order valence-electron chi connectivity index (χ0n) is 7.35. The predicted molar refractivity (Wildman–Crippen MR) is 44.1 cm³/mol. The molecule has 0 aromatic carbocycles. The average Bonchev–Trinajstić information content (AvgIpc) is 1.94. The number of hydrogen-bond donors (Lipinski definition) is 0. The first-order valence-corrected chi connectivity index (χ1v) is 4.21. The highest BCUT2D eigenvalue weighted by Crippen LogP contribution is 2.63. The lowest BCUT2D eigenvalue weighted by Crippen LogP contribution is -2.58. The highest BCUT2D eigenvalue weighted by molar-refractivity contribution is 5.98. The molecule has 2 unspecified atom stereocenters. The molecule has 60 valence electrons. The molecule has 1 nitrogen and oxygen atoms in total. The largest absolute Gasteiger partial charge is 0.294 e. The molecule has 0 N–H and O–H groups in total. The fraction of sp³-hybridized carbons (Fsp3) is 0.700. The molecule has 0 aromatic rings. The van der Waals surface area contributed by atoms with Gasteiger partial charge in [0.15, 0.2) is 5.78 Å². The van der Waals surface area contributed by atoms with E-state index in [1.54, 1.807) is 6.08 Å². The van der Waals surface area contributed by atoms with Crippen molar-refractivity contribution < 1.29 is 4.79 Å². The molecular formula is C10H14O. The minimum Gasteiger partial charge on any atom is -0.294 e. The minimum atomic E-state index is -0.0492. The van der Waals surface area contributed by atoms with Crippen LogP contribution in [0.1, 0.15) is 27.2 Å². The summed E-state index contributed by atoms with van der Waals surface area (Å²) in [5.41, 5.74) is 0.158. The van der Waals surface area contributed by atoms with Gasteiger partial charge in [-0.1, -0.05) is 26.8 Å². The third-order valence-corrected chi connectivity index (χ3v) is 4.00. The average molecular weight is 150 g/mol. The zero-order valence-corrected chi connectivity index (χ0v) is 7.35. The van der Waals surface area contributed by atoms with Crippen molar-refractivity contribution in [2.24, 2.45) is 16.7 Å². The van der Waals surface area contributed by atoms with E-state index in [0.717, 1.165) is 6.42 Å². The summed E-state index contributed by atoms with van der Waals surface area (Å²) in [6.45, 7) is 6.49. The molecule has 1 saturated carbocycles. The number of hydrogen-bond acceptors (Lipinski definition) is 1. The topological polar surface area (TPSA) is 17.1 Å². The van der Waals surface area contributed by atoms with Gasteiger partial charge in [-0.2, -0.15) is 0 Å². The van der Waals surface area contributed by atoms with E-state index in [1.807, 2.05) is 0 Å². The molecule has 0 heterocycles. The number of carbonyl (C=O) groups is 1. The fourth-order valence-corrected chi connectivity index (χ4v) is 2.35. The smallest absolute Gasteiger partial charge is 0.161 e. The van der Waals surface area contributed by atoms with Gasteiger partial charge in [0.05, 0.1) is 0 Å². The monoisotopic (exact) mass is 150 g/mol. The van der Waals surface area contributed by atoms with Crippen LogP contribution in [0.15, 0.2) is 12.2 Å². The quantitative estimate of drug-likeness (QED) is 0.517. The SMILES string of the molecule is CC12CC(C=CC1=O)C2(C)C. The van der Waals surface area contributed by atoms with Crippen molar-refractivity contribution in [1.82, 2.24) is 0 Å². The lowest BCUT2D eigenvalue weighted by atomic mass is 9.42. The number of carbonyl (C=O) groups excluding carboxylic acids is 1. The Bertz CT molecular complexity index is 250. The van der Waals surface area contributed by atoms with Gasteiger partial charge in [-0.15, -0.1) is 0 Å². The van der Waals surface area contributed by atoms with Gasteiger partial charge in [0.25, 0.3) is 0 Å². The van der Waals surface area contributed by atoms with Crippen LogP contribution in [0.2, 0.25) is 0 Å². The molecule has 0 aliphatic heterocycles. The van der Waals surface area contributed by atoms with Crippen LogP contribution in [-0.4, -0.2) is 5.78 Å². The van der Waals surface area contributed by atoms with E-state index in [4.69, 9.17) is 0 Å². The summed E-state index contributed by atoms with van der Waals surface area (Å²) in [5, 5.41) is 0. The molecule has 1 heteroatoms. The van der Waals surface area contributed by atoms with E-state index >= 15 is 0 Å². The Balaban J connectivity index is 2.48. The predicted octanol–water partition coefficient (Wildman–Crippen LogP) is 2.18. The van der Waals surface area contributed by atoms with Crippen molar-refractivity contribution in [1.29, 1.82) is 0 Å². The van der Waals surface area contributed by atoms with Crippen LogP contribution in [0.3, 0.4) is 0 Å². The number of fused-ring (bicyclic) bond motifs is 1. The van der Waals surface area contributed by atoms with Crippen molar-refractivity contribution >= 4 is 5.78 Å². The normalized spacial score (nSPS) is 45.4. The molecule has 0 spiro atoms. The molecule has 2 bridgehead atoms. The Morgan fingerprint density at radius 1 is 1.45 bits per heavy atom. The third kappa shape index (κ3) is 0.559. The van der Waals surface area contributed by atoms with Crippen molar-refractivity contribution in [3.8, 4) is 0 Å². The number of allylic oxidation sites excluding steroid dienone is 2. The first-order chi connectivity index (χ1) is 4.98. The van der Waals surface area contributed by atoms with Crippen molar-refractivity contribution in [2.45, 2.75) is 27.2 Å². The van der Waals surface area contributed by atoms with Crippen LogP contribution < -0.4 is 0 Å². The molecule has 3 aliphatic rings. The van der Waals surface area contributed by atoms with Crippen molar-refractivity contribution in [3.05, 3.63) is 12.2 Å². The summed E-state index contributed by atoms with van der Waals surface area (Å²) in [7, 11) is 0. The zero-order chi connectivity index (χ0) is 8.28. The molecule has 2 atom stereocenters. The van der Waals surface area contributed by atoms with E-state index in [0.29, 0.717) is 11.7 Å². The standard InChI is InChI=1S/C10H14O/c1-9(2)7-4-5-8(11)10(9,3)6-7/h4-5,7H,6H2,1-3H3. The van der Waals surface area contributed by atoms with Gasteiger partial charge < -0.3 is 0 Å². The van der Waals surface area contributed by atoms with Gasteiger partial charge in [-0.3, -0.25) is 4.79 Å². The highest BCUT2D eigenvalue weighted by atomic mass is 16.1. The molecule has 11 heavy (non-hydrogen) atoms. The second kappa shape index (κ2) is 1.60. The number of rotatable bonds is 0. The van der Waals surface area contributed by atoms with E-state index in [2.05, 4.69) is 26.8 Å². The van der Waals surface area contributed by atoms with E-state index < -0.39 is 0 Å². The summed E-state index contributed by atoms with van der Waals surface area (Å²) in [6.07, 6.45) is 4.91. The van der Waals surface area contributed by atoms with Gasteiger partial charge in [-0.25, -0.2) is 0 Å². The molecule has 0 radical (unpaired) electrons. The fourth-order valence-electron chi connectivity index (χ4n) is 2.35. The maximum absolute atomic E-state index is 11.5. The van der Waals surface area contributed by atoms with Gasteiger partial charge in [0.1, 0.15) is 0 Å². The lowest BCUT2D eigenvalue weighted by molar-refractivity contribution is -0.152. The van der Waals surface area contributed by atoms with Crippen LogP contribution >= 0.6 is 0 Å². The van der Waals surface area contributed by atoms with Crippen LogP contribution in [0.4, 0.5) is 0 Å². The molecule has 3 aliphatic carbocycles. The molecule has 1 fully saturated rings. The summed E-state index contributed by atoms with van der Waals surface area (Å²) >= 11 is 0. The van der Waals surface area contributed by atoms with E-state index in [1.165, 1.54) is 0 Å². The van der Waals surface area contributed by atoms with Crippen LogP contribution in [-0.2, 0) is 4.79 Å². The molecular weight excluding hydrogens is 136 g/mol. The van der Waals surface area contributed by atoms with E-state index in [9.17, 15) is 4.79 Å².